The van der Waals surface area contributed by atoms with E-state index in [0.717, 1.165) is 36.8 Å². The maximum atomic E-state index is 14.0. The third-order valence-electron chi connectivity index (χ3n) is 6.73. The summed E-state index contributed by atoms with van der Waals surface area (Å²) in [5, 5.41) is 8.86. The Kier molecular flexibility index (Phi) is 12.0. The first-order valence-corrected chi connectivity index (χ1v) is 13.5. The van der Waals surface area contributed by atoms with Crippen molar-refractivity contribution in [1.29, 1.82) is 0 Å². The van der Waals surface area contributed by atoms with E-state index in [0.29, 0.717) is 18.4 Å². The zero-order valence-electron chi connectivity index (χ0n) is 23.6. The largest absolute Gasteiger partial charge is 0.453 e. The highest BCUT2D eigenvalue weighted by Gasteiger charge is 2.54. The highest BCUT2D eigenvalue weighted by Crippen LogP contribution is 2.36. The van der Waals surface area contributed by atoms with Crippen LogP contribution in [0, 0.1) is 11.8 Å². The van der Waals surface area contributed by atoms with Gasteiger partial charge < -0.3 is 14.6 Å². The van der Waals surface area contributed by atoms with E-state index in [2.05, 4.69) is 0 Å². The lowest BCUT2D eigenvalue weighted by Crippen LogP contribution is -2.53. The van der Waals surface area contributed by atoms with Gasteiger partial charge in [0, 0.05) is 20.0 Å². The van der Waals surface area contributed by atoms with Gasteiger partial charge >= 0.3 is 12.1 Å². The van der Waals surface area contributed by atoms with Gasteiger partial charge in [0.15, 0.2) is 17.7 Å². The lowest BCUT2D eigenvalue weighted by molar-refractivity contribution is -0.159. The van der Waals surface area contributed by atoms with Crippen LogP contribution in [0.25, 0.3) is 0 Å². The molecule has 1 aliphatic heterocycles. The topological polar surface area (TPSA) is 127 Å². The van der Waals surface area contributed by atoms with Crippen molar-refractivity contribution >= 4 is 29.5 Å². The second kappa shape index (κ2) is 14.7. The van der Waals surface area contributed by atoms with E-state index in [1.54, 1.807) is 38.1 Å². The standard InChI is InChI=1S/C30H41NO8/c1-20(2)27-30(4,5)39-29(37)31(27)28(36)24(19-22-13-9-8-10-14-22)26(38-21(3)33)25(35)17-16-23(34)15-11-6-7-12-18-32/h8-10,13-14,16-17,20,24,26-27,32H,6-7,11-12,15,18-19H2,1-5H3/b17-16+/t24-,26-,27?/m0/s1. The Balaban J connectivity index is 2.38. The molecule has 0 spiro atoms. The summed E-state index contributed by atoms with van der Waals surface area (Å²) in [6.07, 6.45) is 2.92. The number of cyclic esters (lactones) is 1. The second-order valence-electron chi connectivity index (χ2n) is 10.8. The lowest BCUT2D eigenvalue weighted by atomic mass is 9.85. The van der Waals surface area contributed by atoms with Crippen molar-refractivity contribution in [3.63, 3.8) is 0 Å². The summed E-state index contributed by atoms with van der Waals surface area (Å²) in [6, 6.07) is 8.32. The molecule has 9 heteroatoms. The van der Waals surface area contributed by atoms with E-state index in [1.807, 2.05) is 19.9 Å². The smallest absolute Gasteiger partial charge is 0.417 e. The van der Waals surface area contributed by atoms with Crippen molar-refractivity contribution in [2.24, 2.45) is 11.8 Å². The number of benzene rings is 1. The van der Waals surface area contributed by atoms with Crippen LogP contribution in [0.1, 0.15) is 72.3 Å². The zero-order valence-corrected chi connectivity index (χ0v) is 23.6. The van der Waals surface area contributed by atoms with Crippen LogP contribution in [-0.2, 0) is 35.1 Å². The minimum absolute atomic E-state index is 0.0189. The third-order valence-corrected chi connectivity index (χ3v) is 6.73. The molecular weight excluding hydrogens is 502 g/mol. The van der Waals surface area contributed by atoms with Crippen LogP contribution >= 0.6 is 0 Å². The summed E-state index contributed by atoms with van der Waals surface area (Å²) in [5.74, 6) is -3.83. The molecule has 214 valence electrons. The van der Waals surface area contributed by atoms with Crippen LogP contribution < -0.4 is 0 Å². The van der Waals surface area contributed by atoms with E-state index in [9.17, 15) is 24.0 Å². The highest BCUT2D eigenvalue weighted by molar-refractivity contribution is 6.05. The van der Waals surface area contributed by atoms with E-state index >= 15 is 0 Å². The summed E-state index contributed by atoms with van der Waals surface area (Å²) >= 11 is 0. The fourth-order valence-corrected chi connectivity index (χ4v) is 5.09. The van der Waals surface area contributed by atoms with Crippen molar-refractivity contribution in [2.45, 2.75) is 90.9 Å². The third kappa shape index (κ3) is 9.13. The van der Waals surface area contributed by atoms with Gasteiger partial charge in [0.05, 0.1) is 12.0 Å². The number of ketones is 2. The maximum absolute atomic E-state index is 14.0. The number of nitrogens with zero attached hydrogens (tertiary/aromatic N) is 1. The number of allylic oxidation sites excluding steroid dienone is 1. The molecular formula is C30H41NO8. The minimum atomic E-state index is -1.55. The first kappa shape index (κ1) is 31.9. The van der Waals surface area contributed by atoms with Crippen molar-refractivity contribution in [2.75, 3.05) is 6.61 Å². The molecule has 0 aliphatic carbocycles. The Labute approximate surface area is 230 Å². The summed E-state index contributed by atoms with van der Waals surface area (Å²) in [5.41, 5.74) is -0.250. The molecule has 39 heavy (non-hydrogen) atoms. The van der Waals surface area contributed by atoms with Gasteiger partial charge in [-0.05, 0) is 56.7 Å². The normalized spacial score (nSPS) is 18.2. The molecule has 2 amide bonds. The Hall–Kier alpha value is -3.33. The molecule has 0 bridgehead atoms. The predicted octanol–water partition coefficient (Wildman–Crippen LogP) is 4.20. The van der Waals surface area contributed by atoms with Crippen molar-refractivity contribution in [1.82, 2.24) is 4.90 Å². The molecule has 1 aromatic rings. The van der Waals surface area contributed by atoms with Crippen molar-refractivity contribution < 1.29 is 38.6 Å². The second-order valence-corrected chi connectivity index (χ2v) is 10.8. The molecule has 1 aromatic carbocycles. The van der Waals surface area contributed by atoms with Gasteiger partial charge in [-0.15, -0.1) is 0 Å². The van der Waals surface area contributed by atoms with E-state index < -0.39 is 47.4 Å². The highest BCUT2D eigenvalue weighted by atomic mass is 16.6. The molecule has 1 fully saturated rings. The number of hydrogen-bond acceptors (Lipinski definition) is 8. The number of unbranched alkanes of at least 4 members (excludes halogenated alkanes) is 3. The fraction of sp³-hybridized carbons (Fsp3) is 0.567. The summed E-state index contributed by atoms with van der Waals surface area (Å²) in [7, 11) is 0. The molecule has 3 atom stereocenters. The van der Waals surface area contributed by atoms with Gasteiger partial charge in [0.2, 0.25) is 5.91 Å². The lowest BCUT2D eigenvalue weighted by Gasteiger charge is -2.34. The molecule has 1 N–H and O–H groups in total. The number of amides is 2. The number of esters is 1. The molecule has 0 radical (unpaired) electrons. The van der Waals surface area contributed by atoms with Gasteiger partial charge in [-0.2, -0.15) is 0 Å². The number of aliphatic hydroxyl groups excluding tert-OH is 1. The molecule has 0 saturated carbocycles. The zero-order chi connectivity index (χ0) is 29.2. The molecule has 9 nitrogen and oxygen atoms in total. The number of carbonyl (C=O) groups is 5. The Morgan fingerprint density at radius 1 is 1.05 bits per heavy atom. The van der Waals surface area contributed by atoms with Crippen molar-refractivity contribution in [3.8, 4) is 0 Å². The van der Waals surface area contributed by atoms with Crippen molar-refractivity contribution in [3.05, 3.63) is 48.0 Å². The number of imide groups is 1. The number of hydrogen-bond donors (Lipinski definition) is 1. The van der Waals surface area contributed by atoms with Crippen LogP contribution in [0.5, 0.6) is 0 Å². The molecule has 1 heterocycles. The van der Waals surface area contributed by atoms with Crippen LogP contribution in [0.3, 0.4) is 0 Å². The summed E-state index contributed by atoms with van der Waals surface area (Å²) in [6.45, 7) is 8.42. The molecule has 1 unspecified atom stereocenters. The first-order valence-electron chi connectivity index (χ1n) is 13.5. The Bertz CT molecular complexity index is 1050. The Morgan fingerprint density at radius 2 is 1.69 bits per heavy atom. The Morgan fingerprint density at radius 3 is 2.28 bits per heavy atom. The molecule has 0 aromatic heterocycles. The first-order chi connectivity index (χ1) is 18.4. The quantitative estimate of drug-likeness (QED) is 0.198. The van der Waals surface area contributed by atoms with E-state index in [-0.39, 0.29) is 31.1 Å². The average Bonchev–Trinajstić information content (AvgIpc) is 3.12. The predicted molar refractivity (Wildman–Crippen MR) is 145 cm³/mol. The SMILES string of the molecule is CC(=O)O[C@H](C(=O)/C=C/C(=O)CCCCCCO)[C@H](Cc1ccccc1)C(=O)N1C(=O)OC(C)(C)C1C(C)C. The van der Waals surface area contributed by atoms with E-state index in [1.165, 1.54) is 0 Å². The number of carbonyl (C=O) groups excluding carboxylic acids is 5. The van der Waals surface area contributed by atoms with Crippen LogP contribution in [0.4, 0.5) is 4.79 Å². The molecule has 1 aliphatic rings. The van der Waals surface area contributed by atoms with Gasteiger partial charge in [0.1, 0.15) is 5.60 Å². The van der Waals surface area contributed by atoms with Crippen LogP contribution in [0.15, 0.2) is 42.5 Å². The van der Waals surface area contributed by atoms with Crippen LogP contribution in [0.2, 0.25) is 0 Å². The minimum Gasteiger partial charge on any atom is -0.453 e. The average molecular weight is 544 g/mol. The van der Waals surface area contributed by atoms with Gasteiger partial charge in [0.25, 0.3) is 0 Å². The van der Waals surface area contributed by atoms with Gasteiger partial charge in [-0.25, -0.2) is 9.69 Å². The van der Waals surface area contributed by atoms with Gasteiger partial charge in [-0.3, -0.25) is 19.2 Å². The molecule has 1 saturated heterocycles. The number of ether oxygens (including phenoxy) is 2. The van der Waals surface area contributed by atoms with Gasteiger partial charge in [-0.1, -0.05) is 57.0 Å². The monoisotopic (exact) mass is 543 g/mol. The fourth-order valence-electron chi connectivity index (χ4n) is 5.09. The molecule has 2 rings (SSSR count). The van der Waals surface area contributed by atoms with Crippen LogP contribution in [-0.4, -0.2) is 63.9 Å². The van der Waals surface area contributed by atoms with E-state index in [4.69, 9.17) is 14.6 Å². The number of aliphatic hydroxyl groups is 1. The summed E-state index contributed by atoms with van der Waals surface area (Å²) in [4.78, 5) is 65.7. The summed E-state index contributed by atoms with van der Waals surface area (Å²) < 4.78 is 10.9. The number of rotatable bonds is 15. The maximum Gasteiger partial charge on any atom is 0.417 e.